The van der Waals surface area contributed by atoms with Crippen molar-refractivity contribution in [2.24, 2.45) is 5.92 Å². The van der Waals surface area contributed by atoms with Crippen molar-refractivity contribution in [3.05, 3.63) is 80.8 Å². The molecule has 0 aliphatic rings. The summed E-state index contributed by atoms with van der Waals surface area (Å²) in [4.78, 5) is 19.2. The molecule has 0 spiro atoms. The highest BCUT2D eigenvalue weighted by molar-refractivity contribution is 7.41. The van der Waals surface area contributed by atoms with E-state index in [-0.39, 0.29) is 5.52 Å². The van der Waals surface area contributed by atoms with Crippen molar-refractivity contribution >= 4 is 21.6 Å². The summed E-state index contributed by atoms with van der Waals surface area (Å²) < 4.78 is 11.3. The molecule has 0 aliphatic heterocycles. The standard InChI is InChI=1S/C18H28O2.C10H13OP.C2H6.CH2O/c1-13(2)7-8-20-17(6)11-19-12-18-15(4)9-14(3)10-16(18)5;1-6-4-7(2)9(10(11)12)8(3)5-6;2*1-2/h9-11,13H,7-8,12H2,1-6H3;4-5H,12H2,1-3H3;1-2H3;1H2/b17-11+;;;. The number of allylic oxidation sites excluding steroid dienone is 1. The molecule has 36 heavy (non-hydrogen) atoms. The highest BCUT2D eigenvalue weighted by Gasteiger charge is 2.07. The van der Waals surface area contributed by atoms with Gasteiger partial charge in [-0.1, -0.05) is 72.3 Å². The fourth-order valence-corrected chi connectivity index (χ4v) is 4.19. The molecule has 0 aliphatic carbocycles. The third-order valence-electron chi connectivity index (χ3n) is 5.27. The number of hydrogen-bond acceptors (Lipinski definition) is 4. The zero-order valence-electron chi connectivity index (χ0n) is 24.5. The van der Waals surface area contributed by atoms with E-state index in [0.29, 0.717) is 12.5 Å². The van der Waals surface area contributed by atoms with Crippen molar-refractivity contribution in [3.63, 3.8) is 0 Å². The third-order valence-corrected chi connectivity index (χ3v) is 5.55. The van der Waals surface area contributed by atoms with Crippen LogP contribution in [0.15, 0.2) is 36.3 Å². The van der Waals surface area contributed by atoms with Crippen LogP contribution in [0.25, 0.3) is 0 Å². The van der Waals surface area contributed by atoms with Crippen LogP contribution in [0, 0.1) is 47.5 Å². The van der Waals surface area contributed by atoms with Crippen molar-refractivity contribution in [1.29, 1.82) is 0 Å². The molecule has 0 bridgehead atoms. The number of aryl methyl sites for hydroxylation is 6. The summed E-state index contributed by atoms with van der Waals surface area (Å²) in [6.45, 7) is 26.1. The summed E-state index contributed by atoms with van der Waals surface area (Å²) in [5.74, 6) is 1.51. The molecule has 202 valence electrons. The minimum atomic E-state index is 0.0741. The van der Waals surface area contributed by atoms with Crippen molar-refractivity contribution in [2.45, 2.75) is 89.2 Å². The first-order chi connectivity index (χ1) is 16.9. The molecule has 4 nitrogen and oxygen atoms in total. The molecule has 2 aromatic carbocycles. The maximum absolute atomic E-state index is 11.2. The van der Waals surface area contributed by atoms with E-state index in [2.05, 4.69) is 56.0 Å². The molecule has 1 atom stereocenters. The highest BCUT2D eigenvalue weighted by atomic mass is 31.0. The normalized spacial score (nSPS) is 10.2. The molecule has 2 rings (SSSR count). The quantitative estimate of drug-likeness (QED) is 0.261. The number of carbonyl (C=O) groups excluding carboxylic acids is 2. The van der Waals surface area contributed by atoms with E-state index in [9.17, 15) is 4.79 Å². The summed E-state index contributed by atoms with van der Waals surface area (Å²) in [5.41, 5.74) is 9.38. The van der Waals surface area contributed by atoms with Gasteiger partial charge < -0.3 is 14.3 Å². The van der Waals surface area contributed by atoms with Gasteiger partial charge in [0.05, 0.1) is 6.61 Å². The van der Waals surface area contributed by atoms with Gasteiger partial charge in [0.15, 0.2) is 5.52 Å². The van der Waals surface area contributed by atoms with Crippen LogP contribution in [0.2, 0.25) is 0 Å². The molecular weight excluding hydrogens is 467 g/mol. The van der Waals surface area contributed by atoms with E-state index in [1.807, 2.05) is 60.5 Å². The lowest BCUT2D eigenvalue weighted by Crippen LogP contribution is -1.99. The van der Waals surface area contributed by atoms with Gasteiger partial charge in [-0.2, -0.15) is 0 Å². The van der Waals surface area contributed by atoms with E-state index < -0.39 is 0 Å². The topological polar surface area (TPSA) is 52.6 Å². The van der Waals surface area contributed by atoms with Gasteiger partial charge in [0.1, 0.15) is 25.4 Å². The Labute approximate surface area is 223 Å². The van der Waals surface area contributed by atoms with E-state index >= 15 is 0 Å². The maximum atomic E-state index is 11.2. The van der Waals surface area contributed by atoms with Gasteiger partial charge >= 0.3 is 0 Å². The Kier molecular flexibility index (Phi) is 19.5. The van der Waals surface area contributed by atoms with Gasteiger partial charge in [-0.15, -0.1) is 0 Å². The Morgan fingerprint density at radius 2 is 1.31 bits per heavy atom. The minimum absolute atomic E-state index is 0.0741. The van der Waals surface area contributed by atoms with Gasteiger partial charge in [-0.05, 0) is 88.6 Å². The first kappa shape index (κ1) is 35.7. The molecule has 5 heteroatoms. The zero-order chi connectivity index (χ0) is 28.4. The lowest BCUT2D eigenvalue weighted by atomic mass is 10.0. The van der Waals surface area contributed by atoms with Gasteiger partial charge in [-0.3, -0.25) is 4.79 Å². The number of hydrogen-bond donors (Lipinski definition) is 0. The van der Waals surface area contributed by atoms with Crippen LogP contribution in [0.4, 0.5) is 0 Å². The molecule has 0 amide bonds. The van der Waals surface area contributed by atoms with Gasteiger partial charge in [0.2, 0.25) is 0 Å². The number of ether oxygens (including phenoxy) is 2. The Morgan fingerprint density at radius 1 is 0.889 bits per heavy atom. The summed E-state index contributed by atoms with van der Waals surface area (Å²) in [6.07, 6.45) is 2.79. The van der Waals surface area contributed by atoms with E-state index in [1.54, 1.807) is 6.26 Å². The van der Waals surface area contributed by atoms with Crippen molar-refractivity contribution in [3.8, 4) is 0 Å². The lowest BCUT2D eigenvalue weighted by molar-refractivity contribution is -0.0980. The largest absolute Gasteiger partial charge is 0.495 e. The van der Waals surface area contributed by atoms with Crippen LogP contribution in [-0.4, -0.2) is 18.9 Å². The monoisotopic (exact) mass is 516 g/mol. The number of carbonyl (C=O) groups is 2. The second-order valence-corrected chi connectivity index (χ2v) is 9.61. The first-order valence-electron chi connectivity index (χ1n) is 12.6. The number of benzene rings is 2. The van der Waals surface area contributed by atoms with Crippen molar-refractivity contribution in [2.75, 3.05) is 6.61 Å². The van der Waals surface area contributed by atoms with Crippen LogP contribution in [0.5, 0.6) is 0 Å². The first-order valence-corrected chi connectivity index (χ1v) is 13.1. The van der Waals surface area contributed by atoms with Crippen molar-refractivity contribution in [1.82, 2.24) is 0 Å². The fraction of sp³-hybridized carbons (Fsp3) is 0.484. The molecule has 0 saturated carbocycles. The molecule has 0 radical (unpaired) electrons. The van der Waals surface area contributed by atoms with E-state index in [1.165, 1.54) is 27.8 Å². The second-order valence-electron chi connectivity index (χ2n) is 9.09. The summed E-state index contributed by atoms with van der Waals surface area (Å²) in [6, 6.07) is 8.46. The molecule has 0 fully saturated rings. The van der Waals surface area contributed by atoms with Crippen LogP contribution in [0.1, 0.15) is 90.3 Å². The van der Waals surface area contributed by atoms with Crippen LogP contribution in [0.3, 0.4) is 0 Å². The van der Waals surface area contributed by atoms with Crippen LogP contribution < -0.4 is 0 Å². The molecule has 0 N–H and O–H groups in total. The van der Waals surface area contributed by atoms with Gasteiger partial charge in [0.25, 0.3) is 0 Å². The Hall–Kier alpha value is -2.45. The highest BCUT2D eigenvalue weighted by Crippen LogP contribution is 2.19. The summed E-state index contributed by atoms with van der Waals surface area (Å²) >= 11 is 0. The third kappa shape index (κ3) is 14.2. The predicted octanol–water partition coefficient (Wildman–Crippen LogP) is 8.52. The second kappa shape index (κ2) is 19.7. The molecule has 2 aromatic rings. The lowest BCUT2D eigenvalue weighted by Gasteiger charge is -2.12. The molecule has 0 saturated heterocycles. The fourth-order valence-electron chi connectivity index (χ4n) is 3.74. The summed E-state index contributed by atoms with van der Waals surface area (Å²) in [7, 11) is 2.22. The average Bonchev–Trinajstić information content (AvgIpc) is 2.77. The molecular formula is C31H49O4P. The van der Waals surface area contributed by atoms with E-state index in [4.69, 9.17) is 14.3 Å². The molecule has 0 aromatic heterocycles. The number of rotatable bonds is 8. The molecule has 0 heterocycles. The molecule has 1 unspecified atom stereocenters. The van der Waals surface area contributed by atoms with Gasteiger partial charge in [-0.25, -0.2) is 0 Å². The Balaban J connectivity index is 0. The zero-order valence-corrected chi connectivity index (χ0v) is 25.7. The van der Waals surface area contributed by atoms with Crippen LogP contribution in [-0.2, 0) is 20.9 Å². The minimum Gasteiger partial charge on any atom is -0.495 e. The smallest absolute Gasteiger partial charge is 0.178 e. The predicted molar refractivity (Wildman–Crippen MR) is 158 cm³/mol. The maximum Gasteiger partial charge on any atom is 0.178 e. The van der Waals surface area contributed by atoms with Gasteiger partial charge in [0, 0.05) is 5.56 Å². The Morgan fingerprint density at radius 3 is 1.69 bits per heavy atom. The van der Waals surface area contributed by atoms with E-state index in [0.717, 1.165) is 35.5 Å². The summed E-state index contributed by atoms with van der Waals surface area (Å²) in [5, 5.41) is 0. The Bertz CT molecular complexity index is 915. The van der Waals surface area contributed by atoms with Crippen LogP contribution >= 0.6 is 9.24 Å². The SMILES string of the molecule is C/C(=C\OCc1c(C)cc(C)cc1C)OCCC(C)C.C=O.CC.Cc1cc(C)c(C(=O)P)c(C)c1. The van der Waals surface area contributed by atoms with Crippen molar-refractivity contribution < 1.29 is 19.1 Å². The average molecular weight is 517 g/mol.